The highest BCUT2D eigenvalue weighted by atomic mass is 32.1. The molecule has 0 spiro atoms. The first-order chi connectivity index (χ1) is 15.6. The lowest BCUT2D eigenvalue weighted by Crippen LogP contribution is -2.03. The van der Waals surface area contributed by atoms with E-state index < -0.39 is 0 Å². The molecule has 0 radical (unpaired) electrons. The molecule has 1 aromatic heterocycles. The van der Waals surface area contributed by atoms with Gasteiger partial charge >= 0.3 is 0 Å². The summed E-state index contributed by atoms with van der Waals surface area (Å²) < 4.78 is 0. The van der Waals surface area contributed by atoms with E-state index in [1.807, 2.05) is 67.6 Å². The molecule has 5 rings (SSSR count). The molecule has 0 saturated heterocycles. The number of ketones is 1. The molecule has 0 fully saturated rings. The number of hydrogen-bond acceptors (Lipinski definition) is 3. The summed E-state index contributed by atoms with van der Waals surface area (Å²) in [4.78, 5) is 18.4. The standard InChI is InChI=1S/C29H23NOS/c1-19-13-15-22(16-14-19)29(31)28-20(2)25(23-11-7-4-8-12-24(23)28)17-27-30-26(18-32-27)21-9-5-3-6-10-21/h3-16,18H,17H2,1-2H3. The number of nitrogens with zero attached hydrogens (tertiary/aromatic N) is 1. The largest absolute Gasteiger partial charge is 0.289 e. The number of carbonyl (C=O) groups excluding carboxylic acids is 1. The Labute approximate surface area is 192 Å². The van der Waals surface area contributed by atoms with Gasteiger partial charge in [0.25, 0.3) is 0 Å². The van der Waals surface area contributed by atoms with Crippen molar-refractivity contribution in [3.63, 3.8) is 0 Å². The number of benzene rings is 2. The van der Waals surface area contributed by atoms with Gasteiger partial charge in [-0.2, -0.15) is 0 Å². The van der Waals surface area contributed by atoms with Crippen molar-refractivity contribution in [3.05, 3.63) is 123 Å². The fourth-order valence-electron chi connectivity index (χ4n) is 4.24. The highest BCUT2D eigenvalue weighted by Crippen LogP contribution is 2.39. The molecule has 0 saturated carbocycles. The quantitative estimate of drug-likeness (QED) is 0.271. The predicted octanol–water partition coefficient (Wildman–Crippen LogP) is 7.35. The predicted molar refractivity (Wildman–Crippen MR) is 133 cm³/mol. The Hall–Kier alpha value is -3.56. The zero-order valence-electron chi connectivity index (χ0n) is 18.1. The van der Waals surface area contributed by atoms with Gasteiger partial charge in [0.05, 0.1) is 10.7 Å². The second-order valence-electron chi connectivity index (χ2n) is 8.08. The van der Waals surface area contributed by atoms with Crippen molar-refractivity contribution in [1.29, 1.82) is 0 Å². The Balaban J connectivity index is 1.57. The van der Waals surface area contributed by atoms with E-state index in [9.17, 15) is 4.79 Å². The van der Waals surface area contributed by atoms with Gasteiger partial charge in [0.1, 0.15) is 0 Å². The summed E-state index contributed by atoms with van der Waals surface area (Å²) >= 11 is 1.67. The average molecular weight is 434 g/mol. The van der Waals surface area contributed by atoms with Gasteiger partial charge < -0.3 is 0 Å². The molecule has 0 amide bonds. The highest BCUT2D eigenvalue weighted by Gasteiger charge is 2.25. The minimum Gasteiger partial charge on any atom is -0.289 e. The molecule has 0 aliphatic heterocycles. The Bertz CT molecular complexity index is 1370. The number of fused-ring (bicyclic) bond motifs is 1. The Morgan fingerprint density at radius 3 is 2.19 bits per heavy atom. The molecule has 0 atom stereocenters. The van der Waals surface area contributed by atoms with Gasteiger partial charge in [-0.3, -0.25) is 4.79 Å². The third kappa shape index (κ3) is 3.76. The molecule has 0 bridgehead atoms. The summed E-state index contributed by atoms with van der Waals surface area (Å²) in [5.74, 6) is 0.0778. The van der Waals surface area contributed by atoms with Gasteiger partial charge in [0, 0.05) is 28.5 Å². The molecule has 1 heterocycles. The van der Waals surface area contributed by atoms with Crippen LogP contribution in [0.15, 0.2) is 90.3 Å². The normalized spacial score (nSPS) is 11.1. The van der Waals surface area contributed by atoms with Gasteiger partial charge in [-0.05, 0) is 36.1 Å². The van der Waals surface area contributed by atoms with E-state index >= 15 is 0 Å². The van der Waals surface area contributed by atoms with Gasteiger partial charge in [-0.15, -0.1) is 11.3 Å². The molecule has 3 aromatic rings. The van der Waals surface area contributed by atoms with E-state index in [-0.39, 0.29) is 5.78 Å². The molecule has 0 unspecified atom stereocenters. The lowest BCUT2D eigenvalue weighted by atomic mass is 9.98. The van der Waals surface area contributed by atoms with E-state index in [1.54, 1.807) is 11.3 Å². The topological polar surface area (TPSA) is 30.0 Å². The third-order valence-electron chi connectivity index (χ3n) is 5.95. The van der Waals surface area contributed by atoms with Crippen LogP contribution in [0.5, 0.6) is 0 Å². The van der Waals surface area contributed by atoms with Crippen LogP contribution in [-0.2, 0) is 6.42 Å². The van der Waals surface area contributed by atoms with E-state index in [0.717, 1.165) is 49.6 Å². The van der Waals surface area contributed by atoms with Crippen LogP contribution in [0.1, 0.15) is 37.6 Å². The van der Waals surface area contributed by atoms with E-state index in [2.05, 4.69) is 36.6 Å². The maximum atomic E-state index is 13.5. The summed E-state index contributed by atoms with van der Waals surface area (Å²) in [6.45, 7) is 4.11. The molecule has 156 valence electrons. The van der Waals surface area contributed by atoms with E-state index in [4.69, 9.17) is 4.98 Å². The highest BCUT2D eigenvalue weighted by molar-refractivity contribution is 7.10. The minimum absolute atomic E-state index is 0.0778. The van der Waals surface area contributed by atoms with Crippen LogP contribution in [0.2, 0.25) is 0 Å². The summed E-state index contributed by atoms with van der Waals surface area (Å²) in [6.07, 6.45) is 0.713. The molecular formula is C29H23NOS. The maximum Gasteiger partial charge on any atom is 0.193 e. The number of aryl methyl sites for hydroxylation is 1. The van der Waals surface area contributed by atoms with Crippen molar-refractivity contribution in [3.8, 4) is 22.4 Å². The van der Waals surface area contributed by atoms with Crippen molar-refractivity contribution in [2.75, 3.05) is 0 Å². The van der Waals surface area contributed by atoms with Crippen LogP contribution in [0.3, 0.4) is 0 Å². The zero-order chi connectivity index (χ0) is 22.1. The summed E-state index contributed by atoms with van der Waals surface area (Å²) in [6, 6.07) is 28.3. The van der Waals surface area contributed by atoms with Crippen LogP contribution < -0.4 is 0 Å². The first kappa shape index (κ1) is 20.3. The molecule has 2 aliphatic carbocycles. The van der Waals surface area contributed by atoms with Crippen molar-refractivity contribution in [2.24, 2.45) is 0 Å². The maximum absolute atomic E-state index is 13.5. The lowest BCUT2D eigenvalue weighted by Gasteiger charge is -2.04. The molecule has 2 nitrogen and oxygen atoms in total. The minimum atomic E-state index is 0.0778. The Morgan fingerprint density at radius 2 is 1.47 bits per heavy atom. The first-order valence-corrected chi connectivity index (χ1v) is 11.6. The van der Waals surface area contributed by atoms with Crippen LogP contribution in [-0.4, -0.2) is 10.8 Å². The summed E-state index contributed by atoms with van der Waals surface area (Å²) in [5.41, 5.74) is 9.16. The van der Waals surface area contributed by atoms with Crippen molar-refractivity contribution >= 4 is 17.1 Å². The smallest absolute Gasteiger partial charge is 0.193 e. The Kier molecular flexibility index (Phi) is 5.42. The van der Waals surface area contributed by atoms with Gasteiger partial charge in [0.15, 0.2) is 5.78 Å². The van der Waals surface area contributed by atoms with Crippen molar-refractivity contribution in [2.45, 2.75) is 20.3 Å². The fraction of sp³-hybridized carbons (Fsp3) is 0.103. The van der Waals surface area contributed by atoms with Crippen LogP contribution >= 0.6 is 11.3 Å². The zero-order valence-corrected chi connectivity index (χ0v) is 18.9. The lowest BCUT2D eigenvalue weighted by molar-refractivity contribution is 0.103. The van der Waals surface area contributed by atoms with Gasteiger partial charge in [0.2, 0.25) is 0 Å². The van der Waals surface area contributed by atoms with Crippen LogP contribution in [0.4, 0.5) is 0 Å². The summed E-state index contributed by atoms with van der Waals surface area (Å²) in [7, 11) is 0. The molecule has 2 aromatic carbocycles. The molecular weight excluding hydrogens is 410 g/mol. The monoisotopic (exact) mass is 433 g/mol. The van der Waals surface area contributed by atoms with Gasteiger partial charge in [-0.1, -0.05) is 90.5 Å². The Morgan fingerprint density at radius 1 is 0.812 bits per heavy atom. The molecule has 0 N–H and O–H groups in total. The van der Waals surface area contributed by atoms with Crippen molar-refractivity contribution in [1.82, 2.24) is 4.98 Å². The second-order valence-corrected chi connectivity index (χ2v) is 9.02. The SMILES string of the molecule is Cc1ccc(C(=O)c2c3cccccc-3c(Cc3nc(-c4ccccc4)cs3)c2C)cc1. The van der Waals surface area contributed by atoms with E-state index in [1.165, 1.54) is 5.56 Å². The average Bonchev–Trinajstić information content (AvgIpc) is 3.29. The van der Waals surface area contributed by atoms with Gasteiger partial charge in [-0.25, -0.2) is 4.98 Å². The number of carbonyl (C=O) groups is 1. The number of aromatic nitrogens is 1. The molecule has 3 heteroatoms. The number of thiazole rings is 1. The summed E-state index contributed by atoms with van der Waals surface area (Å²) in [5, 5.41) is 3.17. The molecule has 2 aliphatic rings. The van der Waals surface area contributed by atoms with Crippen LogP contribution in [0, 0.1) is 13.8 Å². The number of rotatable bonds is 5. The number of hydrogen-bond donors (Lipinski definition) is 0. The molecule has 32 heavy (non-hydrogen) atoms. The van der Waals surface area contributed by atoms with Crippen LogP contribution in [0.25, 0.3) is 22.4 Å². The third-order valence-corrected chi connectivity index (χ3v) is 6.80. The van der Waals surface area contributed by atoms with Crippen molar-refractivity contribution < 1.29 is 4.79 Å². The second kappa shape index (κ2) is 8.52. The first-order valence-electron chi connectivity index (χ1n) is 10.7. The fourth-order valence-corrected chi connectivity index (χ4v) is 5.05. The van der Waals surface area contributed by atoms with E-state index in [0.29, 0.717) is 6.42 Å².